The van der Waals surface area contributed by atoms with Crippen molar-refractivity contribution in [3.63, 3.8) is 0 Å². The van der Waals surface area contributed by atoms with Crippen LogP contribution in [0.1, 0.15) is 53.1 Å². The molecule has 0 saturated heterocycles. The van der Waals surface area contributed by atoms with Crippen molar-refractivity contribution in [2.45, 2.75) is 37.2 Å². The van der Waals surface area contributed by atoms with Crippen molar-refractivity contribution in [1.29, 1.82) is 0 Å². The predicted octanol–water partition coefficient (Wildman–Crippen LogP) is 3.27. The van der Waals surface area contributed by atoms with Crippen molar-refractivity contribution in [3.05, 3.63) is 64.4 Å². The Labute approximate surface area is 152 Å². The molecular weight excluding hydrogens is 336 g/mol. The molecule has 128 valence electrons. The molecule has 0 radical (unpaired) electrons. The van der Waals surface area contributed by atoms with Gasteiger partial charge >= 0.3 is 0 Å². The van der Waals surface area contributed by atoms with E-state index in [0.717, 1.165) is 24.0 Å². The molecule has 0 spiro atoms. The minimum atomic E-state index is -1.10. The first-order valence-electron chi connectivity index (χ1n) is 8.22. The fourth-order valence-electron chi connectivity index (χ4n) is 3.34. The van der Waals surface area contributed by atoms with Gasteiger partial charge in [-0.1, -0.05) is 29.5 Å². The van der Waals surface area contributed by atoms with E-state index in [4.69, 9.17) is 17.3 Å². The van der Waals surface area contributed by atoms with Crippen LogP contribution in [-0.4, -0.2) is 21.6 Å². The Balaban J connectivity index is 1.85. The Morgan fingerprint density at radius 3 is 3.00 bits per heavy atom. The summed E-state index contributed by atoms with van der Waals surface area (Å²) >= 11 is 5.97. The van der Waals surface area contributed by atoms with Crippen LogP contribution in [0.5, 0.6) is 0 Å². The maximum absolute atomic E-state index is 11.7. The van der Waals surface area contributed by atoms with Crippen molar-refractivity contribution in [2.75, 3.05) is 0 Å². The number of primary amides is 1. The van der Waals surface area contributed by atoms with Gasteiger partial charge in [0.05, 0.1) is 0 Å². The SMILES string of the molecule is NC(=O)c1ccncc1[C@@H]1CCC[C@](O)(C#Cc2cccc(Cl)c2)C1. The van der Waals surface area contributed by atoms with Crippen molar-refractivity contribution in [3.8, 4) is 11.8 Å². The molecule has 5 heteroatoms. The van der Waals surface area contributed by atoms with Gasteiger partial charge in [-0.3, -0.25) is 9.78 Å². The number of nitrogens with zero attached hydrogens (tertiary/aromatic N) is 1. The van der Waals surface area contributed by atoms with Gasteiger partial charge in [-0.2, -0.15) is 0 Å². The van der Waals surface area contributed by atoms with E-state index in [1.807, 2.05) is 12.1 Å². The number of hydrogen-bond donors (Lipinski definition) is 2. The number of carbonyl (C=O) groups excluding carboxylic acids is 1. The first-order valence-corrected chi connectivity index (χ1v) is 8.59. The van der Waals surface area contributed by atoms with Crippen LogP contribution in [0.4, 0.5) is 0 Å². The Morgan fingerprint density at radius 1 is 1.40 bits per heavy atom. The molecular formula is C20H19ClN2O2. The standard InChI is InChI=1S/C20H19ClN2O2/c21-16-5-1-3-14(11-16)6-9-20(25)8-2-4-15(12-20)18-13-23-10-7-17(18)19(22)24/h1,3,5,7,10-11,13,15,25H,2,4,8,12H2,(H2,22,24)/t15-,20+/m1/s1. The summed E-state index contributed by atoms with van der Waals surface area (Å²) < 4.78 is 0. The van der Waals surface area contributed by atoms with Gasteiger partial charge in [0.15, 0.2) is 0 Å². The second-order valence-corrected chi connectivity index (χ2v) is 6.85. The third kappa shape index (κ3) is 4.19. The third-order valence-corrected chi connectivity index (χ3v) is 4.78. The zero-order chi connectivity index (χ0) is 17.9. The van der Waals surface area contributed by atoms with Crippen molar-refractivity contribution in [1.82, 2.24) is 4.98 Å². The number of carbonyl (C=O) groups is 1. The van der Waals surface area contributed by atoms with Crippen LogP contribution in [0.3, 0.4) is 0 Å². The van der Waals surface area contributed by atoms with E-state index in [9.17, 15) is 9.90 Å². The quantitative estimate of drug-likeness (QED) is 0.812. The molecule has 1 amide bonds. The molecule has 1 aliphatic carbocycles. The van der Waals surface area contributed by atoms with Crippen molar-refractivity contribution < 1.29 is 9.90 Å². The maximum Gasteiger partial charge on any atom is 0.249 e. The highest BCUT2D eigenvalue weighted by molar-refractivity contribution is 6.30. The number of nitrogens with two attached hydrogens (primary N) is 1. The third-order valence-electron chi connectivity index (χ3n) is 4.55. The molecule has 1 heterocycles. The number of halogens is 1. The summed E-state index contributed by atoms with van der Waals surface area (Å²) in [5, 5.41) is 11.5. The molecule has 1 aliphatic rings. The largest absolute Gasteiger partial charge is 0.378 e. The topological polar surface area (TPSA) is 76.2 Å². The Kier molecular flexibility index (Phi) is 5.08. The molecule has 3 N–H and O–H groups in total. The molecule has 2 aromatic rings. The molecule has 1 aromatic carbocycles. The van der Waals surface area contributed by atoms with Gasteiger partial charge in [0.25, 0.3) is 0 Å². The average molecular weight is 355 g/mol. The fraction of sp³-hybridized carbons (Fsp3) is 0.300. The zero-order valence-electron chi connectivity index (χ0n) is 13.7. The molecule has 0 aliphatic heterocycles. The number of pyridine rings is 1. The Hall–Kier alpha value is -2.35. The van der Waals surface area contributed by atoms with Crippen LogP contribution < -0.4 is 5.73 Å². The summed E-state index contributed by atoms with van der Waals surface area (Å²) in [5.74, 6) is 5.54. The monoisotopic (exact) mass is 354 g/mol. The molecule has 3 rings (SSSR count). The lowest BCUT2D eigenvalue weighted by atomic mass is 9.74. The zero-order valence-corrected chi connectivity index (χ0v) is 14.5. The number of aromatic nitrogens is 1. The molecule has 0 unspecified atom stereocenters. The summed E-state index contributed by atoms with van der Waals surface area (Å²) in [5.41, 5.74) is 6.39. The summed E-state index contributed by atoms with van der Waals surface area (Å²) in [4.78, 5) is 15.8. The molecule has 1 fully saturated rings. The van der Waals surface area contributed by atoms with E-state index in [0.29, 0.717) is 23.4 Å². The summed E-state index contributed by atoms with van der Waals surface area (Å²) in [7, 11) is 0. The van der Waals surface area contributed by atoms with Gasteiger partial charge in [-0.25, -0.2) is 0 Å². The lowest BCUT2D eigenvalue weighted by molar-refractivity contribution is 0.0517. The number of benzene rings is 1. The van der Waals surface area contributed by atoms with E-state index in [-0.39, 0.29) is 5.92 Å². The van der Waals surface area contributed by atoms with Crippen LogP contribution in [0.25, 0.3) is 0 Å². The van der Waals surface area contributed by atoms with Gasteiger partial charge < -0.3 is 10.8 Å². The van der Waals surface area contributed by atoms with Crippen LogP contribution in [0, 0.1) is 11.8 Å². The van der Waals surface area contributed by atoms with Gasteiger partial charge in [0.1, 0.15) is 5.60 Å². The summed E-state index contributed by atoms with van der Waals surface area (Å²) in [6.07, 6.45) is 5.96. The summed E-state index contributed by atoms with van der Waals surface area (Å²) in [6, 6.07) is 8.86. The second-order valence-electron chi connectivity index (χ2n) is 6.41. The molecule has 0 bridgehead atoms. The average Bonchev–Trinajstić information content (AvgIpc) is 2.60. The molecule has 25 heavy (non-hydrogen) atoms. The maximum atomic E-state index is 11.7. The minimum Gasteiger partial charge on any atom is -0.378 e. The lowest BCUT2D eigenvalue weighted by Gasteiger charge is -2.33. The van der Waals surface area contributed by atoms with Gasteiger partial charge in [0.2, 0.25) is 5.91 Å². The number of aliphatic hydroxyl groups is 1. The molecule has 1 aromatic heterocycles. The highest BCUT2D eigenvalue weighted by Crippen LogP contribution is 2.39. The highest BCUT2D eigenvalue weighted by atomic mass is 35.5. The number of hydrogen-bond acceptors (Lipinski definition) is 3. The van der Waals surface area contributed by atoms with Gasteiger partial charge in [-0.15, -0.1) is 0 Å². The lowest BCUT2D eigenvalue weighted by Crippen LogP contribution is -2.33. The van der Waals surface area contributed by atoms with Gasteiger partial charge in [-0.05, 0) is 61.4 Å². The van der Waals surface area contributed by atoms with E-state index in [1.54, 1.807) is 30.6 Å². The number of amides is 1. The van der Waals surface area contributed by atoms with Crippen LogP contribution in [0.15, 0.2) is 42.7 Å². The fourth-order valence-corrected chi connectivity index (χ4v) is 3.53. The molecule has 4 nitrogen and oxygen atoms in total. The van der Waals surface area contributed by atoms with Crippen LogP contribution in [0.2, 0.25) is 5.02 Å². The van der Waals surface area contributed by atoms with E-state index in [1.165, 1.54) is 0 Å². The molecule has 2 atom stereocenters. The predicted molar refractivity (Wildman–Crippen MR) is 97.2 cm³/mol. The summed E-state index contributed by atoms with van der Waals surface area (Å²) in [6.45, 7) is 0. The Bertz CT molecular complexity index is 856. The first kappa shape index (κ1) is 17.5. The smallest absolute Gasteiger partial charge is 0.249 e. The normalized spacial score (nSPS) is 22.7. The van der Waals surface area contributed by atoms with Crippen LogP contribution >= 0.6 is 11.6 Å². The minimum absolute atomic E-state index is 0.00334. The highest BCUT2D eigenvalue weighted by Gasteiger charge is 2.34. The van der Waals surface area contributed by atoms with E-state index >= 15 is 0 Å². The first-order chi connectivity index (χ1) is 12.0. The Morgan fingerprint density at radius 2 is 2.24 bits per heavy atom. The van der Waals surface area contributed by atoms with E-state index < -0.39 is 11.5 Å². The van der Waals surface area contributed by atoms with Crippen molar-refractivity contribution in [2.24, 2.45) is 5.73 Å². The van der Waals surface area contributed by atoms with Gasteiger partial charge in [0, 0.05) is 28.5 Å². The second kappa shape index (κ2) is 7.26. The van der Waals surface area contributed by atoms with E-state index in [2.05, 4.69) is 16.8 Å². The molecule has 1 saturated carbocycles. The number of rotatable bonds is 2. The van der Waals surface area contributed by atoms with Crippen molar-refractivity contribution >= 4 is 17.5 Å². The van der Waals surface area contributed by atoms with Crippen LogP contribution in [-0.2, 0) is 0 Å².